The number of halogens is 1. The van der Waals surface area contributed by atoms with E-state index in [4.69, 9.17) is 5.11 Å². The lowest BCUT2D eigenvalue weighted by atomic mass is 10.2. The van der Waals surface area contributed by atoms with Crippen molar-refractivity contribution in [3.63, 3.8) is 0 Å². The predicted octanol–water partition coefficient (Wildman–Crippen LogP) is 3.45. The molecular weight excluding hydrogens is 331 g/mol. The highest BCUT2D eigenvalue weighted by Gasteiger charge is 2.14. The van der Waals surface area contributed by atoms with Gasteiger partial charge in [-0.1, -0.05) is 0 Å². The summed E-state index contributed by atoms with van der Waals surface area (Å²) >= 11 is 0. The summed E-state index contributed by atoms with van der Waals surface area (Å²) in [6.07, 6.45) is 3.65. The van der Waals surface area contributed by atoms with E-state index in [0.29, 0.717) is 13.2 Å². The van der Waals surface area contributed by atoms with Crippen molar-refractivity contribution in [3.8, 4) is 0 Å². The molecule has 1 heterocycles. The Morgan fingerprint density at radius 1 is 1.15 bits per heavy atom. The van der Waals surface area contributed by atoms with Gasteiger partial charge in [-0.25, -0.2) is 4.39 Å². The second-order valence-electron chi connectivity index (χ2n) is 5.90. The number of nitrogens with one attached hydrogen (secondary N) is 1. The van der Waals surface area contributed by atoms with Crippen molar-refractivity contribution in [1.29, 1.82) is 0 Å². The van der Waals surface area contributed by atoms with E-state index < -0.39 is 0 Å². The van der Waals surface area contributed by atoms with E-state index >= 15 is 0 Å². The molecule has 136 valence electrons. The summed E-state index contributed by atoms with van der Waals surface area (Å²) in [6.45, 7) is 4.13. The van der Waals surface area contributed by atoms with Crippen LogP contribution in [0.2, 0.25) is 0 Å². The van der Waals surface area contributed by atoms with Crippen molar-refractivity contribution in [2.24, 2.45) is 4.99 Å². The van der Waals surface area contributed by atoms with Crippen LogP contribution in [0.25, 0.3) is 0 Å². The molecule has 2 N–H and O–H groups in total. The van der Waals surface area contributed by atoms with Gasteiger partial charge in [-0.15, -0.1) is 0 Å². The van der Waals surface area contributed by atoms with E-state index in [1.807, 2.05) is 35.2 Å². The van der Waals surface area contributed by atoms with Crippen molar-refractivity contribution in [2.45, 2.75) is 6.92 Å². The Labute approximate surface area is 153 Å². The molecule has 2 aromatic rings. The molecule has 26 heavy (non-hydrogen) atoms. The monoisotopic (exact) mass is 354 g/mol. The van der Waals surface area contributed by atoms with Gasteiger partial charge in [0, 0.05) is 36.4 Å². The van der Waals surface area contributed by atoms with E-state index in [2.05, 4.69) is 22.1 Å². The van der Waals surface area contributed by atoms with Crippen molar-refractivity contribution in [1.82, 2.24) is 0 Å². The first kappa shape index (κ1) is 17.9. The predicted molar refractivity (Wildman–Crippen MR) is 105 cm³/mol. The van der Waals surface area contributed by atoms with Crippen LogP contribution in [0.5, 0.6) is 0 Å². The Kier molecular flexibility index (Phi) is 5.86. The normalized spacial score (nSPS) is 13.5. The molecule has 6 heteroatoms. The lowest BCUT2D eigenvalue weighted by molar-refractivity contribution is 0.302. The average molecular weight is 354 g/mol. The maximum Gasteiger partial charge on any atom is 0.123 e. The highest BCUT2D eigenvalue weighted by molar-refractivity contribution is 5.78. The number of rotatable bonds is 7. The third kappa shape index (κ3) is 4.21. The smallest absolute Gasteiger partial charge is 0.123 e. The van der Waals surface area contributed by atoms with Crippen LogP contribution in [0.3, 0.4) is 0 Å². The number of likely N-dealkylation sites (N-methyl/N-ethyl adjacent to an activating group) is 1. The minimum atomic E-state index is -0.258. The Morgan fingerprint density at radius 2 is 1.88 bits per heavy atom. The van der Waals surface area contributed by atoms with Crippen molar-refractivity contribution >= 4 is 23.3 Å². The van der Waals surface area contributed by atoms with Gasteiger partial charge in [0.1, 0.15) is 18.3 Å². The highest BCUT2D eigenvalue weighted by atomic mass is 19.1. The van der Waals surface area contributed by atoms with Crippen molar-refractivity contribution in [2.75, 3.05) is 41.5 Å². The van der Waals surface area contributed by atoms with Crippen LogP contribution in [0.4, 0.5) is 21.5 Å². The summed E-state index contributed by atoms with van der Waals surface area (Å²) in [5.41, 5.74) is 2.89. The fourth-order valence-corrected chi connectivity index (χ4v) is 2.86. The van der Waals surface area contributed by atoms with Crippen LogP contribution in [0, 0.1) is 5.82 Å². The number of allylic oxidation sites excluding steroid dienone is 1. The van der Waals surface area contributed by atoms with Crippen LogP contribution < -0.4 is 15.1 Å². The number of aliphatic hydroxyl groups is 1. The van der Waals surface area contributed by atoms with E-state index in [1.54, 1.807) is 18.3 Å². The second kappa shape index (κ2) is 8.49. The van der Waals surface area contributed by atoms with Gasteiger partial charge >= 0.3 is 0 Å². The number of nitrogens with zero attached hydrogens (tertiary/aromatic N) is 3. The third-order valence-corrected chi connectivity index (χ3v) is 4.25. The molecule has 0 aromatic heterocycles. The first-order chi connectivity index (χ1) is 12.7. The number of hydrogen-bond acceptors (Lipinski definition) is 5. The molecule has 0 atom stereocenters. The minimum Gasteiger partial charge on any atom is -0.395 e. The largest absolute Gasteiger partial charge is 0.395 e. The highest BCUT2D eigenvalue weighted by Crippen LogP contribution is 2.24. The van der Waals surface area contributed by atoms with E-state index in [9.17, 15) is 4.39 Å². The number of hydrogen-bond donors (Lipinski definition) is 2. The summed E-state index contributed by atoms with van der Waals surface area (Å²) in [5.74, 6) is 0.619. The van der Waals surface area contributed by atoms with Crippen LogP contribution in [0.15, 0.2) is 65.4 Å². The Bertz CT molecular complexity index is 771. The number of benzene rings is 2. The molecule has 3 rings (SSSR count). The Morgan fingerprint density at radius 3 is 2.54 bits per heavy atom. The number of aliphatic imine (C=N–C) groups is 1. The molecule has 1 aliphatic rings. The molecule has 0 saturated carbocycles. The fourth-order valence-electron chi connectivity index (χ4n) is 2.86. The minimum absolute atomic E-state index is 0.132. The molecule has 0 amide bonds. The van der Waals surface area contributed by atoms with Gasteiger partial charge in [0.15, 0.2) is 0 Å². The van der Waals surface area contributed by atoms with Gasteiger partial charge in [0.25, 0.3) is 0 Å². The van der Waals surface area contributed by atoms with Gasteiger partial charge in [-0.05, 0) is 61.5 Å². The molecular formula is C20H23FN4O. The molecule has 0 saturated heterocycles. The third-order valence-electron chi connectivity index (χ3n) is 4.25. The van der Waals surface area contributed by atoms with Gasteiger partial charge < -0.3 is 20.2 Å². The lowest BCUT2D eigenvalue weighted by Gasteiger charge is -2.28. The maximum atomic E-state index is 13.2. The van der Waals surface area contributed by atoms with E-state index in [1.165, 1.54) is 12.1 Å². The topological polar surface area (TPSA) is 51.1 Å². The molecule has 2 aromatic carbocycles. The molecule has 5 nitrogen and oxygen atoms in total. The first-order valence-corrected chi connectivity index (χ1v) is 8.67. The molecule has 0 bridgehead atoms. The zero-order valence-corrected chi connectivity index (χ0v) is 14.8. The molecule has 1 aliphatic heterocycles. The summed E-state index contributed by atoms with van der Waals surface area (Å²) in [4.78, 5) is 8.37. The summed E-state index contributed by atoms with van der Waals surface area (Å²) < 4.78 is 13.2. The quantitative estimate of drug-likeness (QED) is 0.800. The Hall–Kier alpha value is -2.86. The summed E-state index contributed by atoms with van der Waals surface area (Å²) in [5, 5.41) is 12.5. The molecule has 0 aliphatic carbocycles. The molecule has 0 spiro atoms. The van der Waals surface area contributed by atoms with Crippen molar-refractivity contribution < 1.29 is 9.50 Å². The fraction of sp³-hybridized carbons (Fsp3) is 0.250. The lowest BCUT2D eigenvalue weighted by Crippen LogP contribution is -2.29. The standard InChI is InChI=1S/C20H23FN4O/c1-2-24(13-14-26)18-9-5-17(6-10-18)23-20-11-12-22-15-25(20)19-7-3-16(21)4-8-19/h3-12,23,26H,2,13-15H2,1H3. The zero-order valence-electron chi connectivity index (χ0n) is 14.8. The van der Waals surface area contributed by atoms with Gasteiger partial charge in [-0.3, -0.25) is 4.99 Å². The molecule has 0 radical (unpaired) electrons. The number of anilines is 3. The number of aliphatic hydroxyl groups excluding tert-OH is 1. The van der Waals surface area contributed by atoms with Crippen LogP contribution in [-0.4, -0.2) is 37.7 Å². The van der Waals surface area contributed by atoms with Crippen LogP contribution in [-0.2, 0) is 0 Å². The average Bonchev–Trinajstić information content (AvgIpc) is 2.68. The SMILES string of the molecule is CCN(CCO)c1ccc(NC2=CC=NCN2c2ccc(F)cc2)cc1. The summed E-state index contributed by atoms with van der Waals surface area (Å²) in [6, 6.07) is 14.4. The summed E-state index contributed by atoms with van der Waals surface area (Å²) in [7, 11) is 0. The van der Waals surface area contributed by atoms with E-state index in [-0.39, 0.29) is 12.4 Å². The van der Waals surface area contributed by atoms with Gasteiger partial charge in [0.2, 0.25) is 0 Å². The first-order valence-electron chi connectivity index (χ1n) is 8.67. The maximum absolute atomic E-state index is 13.2. The molecule has 0 fully saturated rings. The second-order valence-corrected chi connectivity index (χ2v) is 5.90. The van der Waals surface area contributed by atoms with Gasteiger partial charge in [-0.2, -0.15) is 0 Å². The Balaban J connectivity index is 1.75. The molecule has 0 unspecified atom stereocenters. The van der Waals surface area contributed by atoms with Crippen LogP contribution >= 0.6 is 0 Å². The van der Waals surface area contributed by atoms with Crippen LogP contribution in [0.1, 0.15) is 6.92 Å². The van der Waals surface area contributed by atoms with E-state index in [0.717, 1.165) is 29.4 Å². The zero-order chi connectivity index (χ0) is 18.4. The van der Waals surface area contributed by atoms with Crippen molar-refractivity contribution in [3.05, 3.63) is 66.2 Å². The van der Waals surface area contributed by atoms with Gasteiger partial charge in [0.05, 0.1) is 6.61 Å².